The molecule has 1 atom stereocenters. The first-order valence-corrected chi connectivity index (χ1v) is 11.4. The number of nitrogens with zero attached hydrogens (tertiary/aromatic N) is 2. The highest BCUT2D eigenvalue weighted by Gasteiger charge is 2.27. The summed E-state index contributed by atoms with van der Waals surface area (Å²) >= 11 is 0. The maximum Gasteiger partial charge on any atom is 0.347 e. The van der Waals surface area contributed by atoms with Gasteiger partial charge < -0.3 is 25.1 Å². The number of carbonyl (C=O) groups excluding carboxylic acids is 1. The van der Waals surface area contributed by atoms with Crippen LogP contribution >= 0.6 is 0 Å². The topological polar surface area (TPSA) is 118 Å². The van der Waals surface area contributed by atoms with E-state index in [1.54, 1.807) is 12.3 Å². The maximum absolute atomic E-state index is 12.8. The lowest BCUT2D eigenvalue weighted by Crippen LogP contribution is -2.35. The van der Waals surface area contributed by atoms with E-state index in [9.17, 15) is 9.59 Å². The van der Waals surface area contributed by atoms with Crippen molar-refractivity contribution >= 4 is 34.1 Å². The van der Waals surface area contributed by atoms with Crippen molar-refractivity contribution in [3.8, 4) is 11.3 Å². The van der Waals surface area contributed by atoms with Crippen molar-refractivity contribution in [3.63, 3.8) is 0 Å². The van der Waals surface area contributed by atoms with Gasteiger partial charge in [-0.2, -0.15) is 0 Å². The lowest BCUT2D eigenvalue weighted by atomic mass is 9.96. The number of anilines is 3. The molecule has 0 saturated carbocycles. The van der Waals surface area contributed by atoms with Gasteiger partial charge in [-0.05, 0) is 31.2 Å². The molecule has 0 bridgehead atoms. The van der Waals surface area contributed by atoms with Crippen molar-refractivity contribution in [2.45, 2.75) is 13.0 Å². The van der Waals surface area contributed by atoms with Crippen LogP contribution in [-0.2, 0) is 4.74 Å². The fraction of sp³-hybridized carbons (Fsp3) is 0.231. The van der Waals surface area contributed by atoms with Gasteiger partial charge in [0, 0.05) is 60.3 Å². The summed E-state index contributed by atoms with van der Waals surface area (Å²) in [6.45, 7) is 3.09. The smallest absolute Gasteiger partial charge is 0.347 e. The van der Waals surface area contributed by atoms with Crippen molar-refractivity contribution in [3.05, 3.63) is 76.3 Å². The van der Waals surface area contributed by atoms with Gasteiger partial charge in [0.1, 0.15) is 11.1 Å². The van der Waals surface area contributed by atoms with Crippen molar-refractivity contribution in [1.29, 1.82) is 0 Å². The third-order valence-electron chi connectivity index (χ3n) is 5.93. The van der Waals surface area contributed by atoms with E-state index in [-0.39, 0.29) is 11.3 Å². The monoisotopic (exact) mass is 471 g/mol. The standard InChI is InChI=1S/C26H25N5O4/c1-15(32)23-24(22-14-28-11-12-34-22)18-8-7-16(13-21(18)35-25(23)33)30-26-29-10-9-20(31-26)17-5-3-4-6-19(17)27-2/h3-10,13,22,27-28H,11-12,14H2,1-2H3,(H,29,30,31). The number of rotatable bonds is 6. The zero-order valence-corrected chi connectivity index (χ0v) is 19.4. The zero-order chi connectivity index (χ0) is 24.4. The average molecular weight is 472 g/mol. The van der Waals surface area contributed by atoms with Crippen molar-refractivity contribution in [1.82, 2.24) is 15.3 Å². The summed E-state index contributed by atoms with van der Waals surface area (Å²) in [6.07, 6.45) is 1.27. The highest BCUT2D eigenvalue weighted by Crippen LogP contribution is 2.32. The van der Waals surface area contributed by atoms with Gasteiger partial charge in [0.05, 0.1) is 18.4 Å². The minimum atomic E-state index is -0.673. The summed E-state index contributed by atoms with van der Waals surface area (Å²) in [7, 11) is 1.86. The van der Waals surface area contributed by atoms with Crippen LogP contribution in [0, 0.1) is 0 Å². The summed E-state index contributed by atoms with van der Waals surface area (Å²) < 4.78 is 11.4. The van der Waals surface area contributed by atoms with Crippen LogP contribution in [0.2, 0.25) is 0 Å². The molecular weight excluding hydrogens is 446 g/mol. The second-order valence-corrected chi connectivity index (χ2v) is 8.19. The Hall–Kier alpha value is -4.08. The zero-order valence-electron chi connectivity index (χ0n) is 19.4. The second kappa shape index (κ2) is 9.65. The number of hydrogen-bond donors (Lipinski definition) is 3. The number of morpholine rings is 1. The minimum Gasteiger partial charge on any atom is -0.422 e. The molecule has 1 aliphatic rings. The number of nitrogens with one attached hydrogen (secondary N) is 3. The molecule has 0 amide bonds. The van der Waals surface area contributed by atoms with Gasteiger partial charge >= 0.3 is 5.63 Å². The van der Waals surface area contributed by atoms with Crippen LogP contribution in [0.15, 0.2) is 63.9 Å². The quantitative estimate of drug-likeness (QED) is 0.284. The van der Waals surface area contributed by atoms with Gasteiger partial charge in [0.15, 0.2) is 5.78 Å². The molecule has 4 aromatic rings. The average Bonchev–Trinajstić information content (AvgIpc) is 2.88. The van der Waals surface area contributed by atoms with E-state index in [0.717, 1.165) is 23.5 Å². The fourth-order valence-electron chi connectivity index (χ4n) is 4.34. The van der Waals surface area contributed by atoms with Gasteiger partial charge in [-0.25, -0.2) is 14.8 Å². The van der Waals surface area contributed by atoms with Crippen molar-refractivity contribution in [2.24, 2.45) is 0 Å². The Bertz CT molecular complexity index is 1460. The first kappa shape index (κ1) is 22.7. The number of ketones is 1. The van der Waals surface area contributed by atoms with Gasteiger partial charge in [-0.3, -0.25) is 4.79 Å². The summed E-state index contributed by atoms with van der Waals surface area (Å²) in [5, 5.41) is 10.3. The first-order chi connectivity index (χ1) is 17.0. The van der Waals surface area contributed by atoms with Crippen LogP contribution in [0.1, 0.15) is 28.9 Å². The van der Waals surface area contributed by atoms with Crippen LogP contribution in [0.3, 0.4) is 0 Å². The fourth-order valence-corrected chi connectivity index (χ4v) is 4.34. The molecule has 1 aliphatic heterocycles. The molecule has 35 heavy (non-hydrogen) atoms. The highest BCUT2D eigenvalue weighted by atomic mass is 16.5. The number of para-hydroxylation sites is 1. The molecule has 1 fully saturated rings. The normalized spacial score (nSPS) is 15.7. The number of hydrogen-bond acceptors (Lipinski definition) is 9. The molecule has 2 aromatic heterocycles. The number of aromatic nitrogens is 2. The molecule has 3 N–H and O–H groups in total. The molecular formula is C26H25N5O4. The van der Waals surface area contributed by atoms with Gasteiger partial charge in [-0.1, -0.05) is 18.2 Å². The highest BCUT2D eigenvalue weighted by molar-refractivity contribution is 6.00. The van der Waals surface area contributed by atoms with Gasteiger partial charge in [0.25, 0.3) is 0 Å². The molecule has 0 radical (unpaired) electrons. The van der Waals surface area contributed by atoms with Crippen LogP contribution in [0.5, 0.6) is 0 Å². The lowest BCUT2D eigenvalue weighted by molar-refractivity contribution is 0.0277. The number of carbonyl (C=O) groups is 1. The van der Waals surface area contributed by atoms with Gasteiger partial charge in [0.2, 0.25) is 5.95 Å². The molecule has 178 valence electrons. The van der Waals surface area contributed by atoms with E-state index in [1.165, 1.54) is 6.92 Å². The maximum atomic E-state index is 12.8. The van der Waals surface area contributed by atoms with Crippen LogP contribution in [0.4, 0.5) is 17.3 Å². The van der Waals surface area contributed by atoms with E-state index >= 15 is 0 Å². The Balaban J connectivity index is 1.53. The molecule has 3 heterocycles. The van der Waals surface area contributed by atoms with Crippen LogP contribution in [-0.4, -0.2) is 42.5 Å². The van der Waals surface area contributed by atoms with Crippen LogP contribution in [0.25, 0.3) is 22.2 Å². The molecule has 1 unspecified atom stereocenters. The van der Waals surface area contributed by atoms with Crippen molar-refractivity contribution in [2.75, 3.05) is 37.4 Å². The molecule has 9 heteroatoms. The summed E-state index contributed by atoms with van der Waals surface area (Å²) in [6, 6.07) is 15.1. The van der Waals surface area contributed by atoms with E-state index < -0.39 is 11.7 Å². The van der Waals surface area contributed by atoms with E-state index in [0.29, 0.717) is 41.3 Å². The van der Waals surface area contributed by atoms with E-state index in [1.807, 2.05) is 49.5 Å². The number of ether oxygens (including phenoxy) is 1. The molecule has 0 aliphatic carbocycles. The summed E-state index contributed by atoms with van der Waals surface area (Å²) in [4.78, 5) is 34.0. The number of fused-ring (bicyclic) bond motifs is 1. The van der Waals surface area contributed by atoms with Crippen molar-refractivity contribution < 1.29 is 13.9 Å². The van der Waals surface area contributed by atoms with Gasteiger partial charge in [-0.15, -0.1) is 0 Å². The Morgan fingerprint density at radius 3 is 2.80 bits per heavy atom. The molecule has 1 saturated heterocycles. The Morgan fingerprint density at radius 2 is 2.03 bits per heavy atom. The molecule has 2 aromatic carbocycles. The van der Waals surface area contributed by atoms with Crippen LogP contribution < -0.4 is 21.6 Å². The Kier molecular flexibility index (Phi) is 6.26. The lowest BCUT2D eigenvalue weighted by Gasteiger charge is -2.26. The Morgan fingerprint density at radius 1 is 1.17 bits per heavy atom. The van der Waals surface area contributed by atoms with E-state index in [2.05, 4.69) is 25.9 Å². The summed E-state index contributed by atoms with van der Waals surface area (Å²) in [5.41, 5.74) is 3.58. The second-order valence-electron chi connectivity index (χ2n) is 8.19. The van der Waals surface area contributed by atoms with E-state index in [4.69, 9.17) is 9.15 Å². The molecule has 5 rings (SSSR count). The largest absolute Gasteiger partial charge is 0.422 e. The predicted molar refractivity (Wildman–Crippen MR) is 134 cm³/mol. The number of benzene rings is 2. The third kappa shape index (κ3) is 4.51. The minimum absolute atomic E-state index is 0.0335. The number of Topliss-reactive ketones (excluding diaryl/α,β-unsaturated/α-hetero) is 1. The SMILES string of the molecule is CNc1ccccc1-c1ccnc(Nc2ccc3c(C4CNCCO4)c(C(C)=O)c(=O)oc3c2)n1. The first-order valence-electron chi connectivity index (χ1n) is 11.4. The Labute approximate surface area is 201 Å². The predicted octanol–water partition coefficient (Wildman–Crippen LogP) is 3.90. The third-order valence-corrected chi connectivity index (χ3v) is 5.93. The molecule has 9 nitrogen and oxygen atoms in total. The summed E-state index contributed by atoms with van der Waals surface area (Å²) in [5.74, 6) is 0.0505. The molecule has 0 spiro atoms.